The van der Waals surface area contributed by atoms with Crippen molar-refractivity contribution < 1.29 is 4.57 Å². The number of hydrogen-bond donors (Lipinski definition) is 0. The molecule has 2 aromatic carbocycles. The molecule has 0 amide bonds. The van der Waals surface area contributed by atoms with E-state index in [1.807, 2.05) is 0 Å². The van der Waals surface area contributed by atoms with Crippen LogP contribution in [0.1, 0.15) is 44.8 Å². The fourth-order valence-corrected chi connectivity index (χ4v) is 5.54. The highest BCUT2D eigenvalue weighted by molar-refractivity contribution is 5.87. The first-order chi connectivity index (χ1) is 14.9. The average molecular weight is 404 g/mol. The first-order valence-corrected chi connectivity index (χ1v) is 11.1. The summed E-state index contributed by atoms with van der Waals surface area (Å²) in [5.74, 6) is 0. The maximum absolute atomic E-state index is 5.21. The molecule has 2 aromatic heterocycles. The Bertz CT molecular complexity index is 1430. The van der Waals surface area contributed by atoms with Crippen LogP contribution in [0.5, 0.6) is 0 Å². The van der Waals surface area contributed by atoms with E-state index >= 15 is 0 Å². The molecule has 0 N–H and O–H groups in total. The molecular formula is C29H27N2+. The second-order valence-corrected chi connectivity index (χ2v) is 9.41. The maximum Gasteiger partial charge on any atom is 0.216 e. The molecular weight excluding hydrogens is 376 g/mol. The SMILES string of the molecule is Cc1ccc2c(c1)-c1cc3c(nc1C2)Cc1c-3cc[n+](C)c1-c1cc(C)cc(C)c1C. The molecule has 0 radical (unpaired) electrons. The molecule has 0 saturated heterocycles. The third kappa shape index (κ3) is 2.64. The number of benzene rings is 2. The lowest BCUT2D eigenvalue weighted by molar-refractivity contribution is -0.660. The van der Waals surface area contributed by atoms with Gasteiger partial charge in [-0.15, -0.1) is 0 Å². The lowest BCUT2D eigenvalue weighted by Crippen LogP contribution is -2.32. The Labute approximate surface area is 184 Å². The first kappa shape index (κ1) is 18.5. The van der Waals surface area contributed by atoms with Gasteiger partial charge in [-0.1, -0.05) is 35.4 Å². The van der Waals surface area contributed by atoms with Gasteiger partial charge in [0.1, 0.15) is 7.05 Å². The molecule has 0 bridgehead atoms. The van der Waals surface area contributed by atoms with Crippen LogP contribution in [-0.2, 0) is 19.9 Å². The van der Waals surface area contributed by atoms with E-state index in [0.29, 0.717) is 0 Å². The standard InChI is InChI=1S/C29H27N2/c1-16-6-7-20-13-27-25(23(20)11-16)14-24-21-8-9-31(5)29(26(21)15-28(24)30-27)22-12-17(2)10-18(3)19(22)4/h6-12,14H,13,15H2,1-5H3/q+1. The summed E-state index contributed by atoms with van der Waals surface area (Å²) in [6.07, 6.45) is 4.07. The van der Waals surface area contributed by atoms with Gasteiger partial charge in [-0.3, -0.25) is 4.98 Å². The van der Waals surface area contributed by atoms with Crippen molar-refractivity contribution in [2.45, 2.75) is 40.5 Å². The highest BCUT2D eigenvalue weighted by Gasteiger charge is 2.32. The summed E-state index contributed by atoms with van der Waals surface area (Å²) in [4.78, 5) is 5.21. The molecule has 2 heterocycles. The number of nitrogens with zero attached hydrogens (tertiary/aromatic N) is 2. The topological polar surface area (TPSA) is 16.8 Å². The van der Waals surface area contributed by atoms with E-state index in [4.69, 9.17) is 4.98 Å². The van der Waals surface area contributed by atoms with Crippen LogP contribution in [0.3, 0.4) is 0 Å². The van der Waals surface area contributed by atoms with E-state index in [1.54, 1.807) is 0 Å². The fraction of sp³-hybridized carbons (Fsp3) is 0.241. The van der Waals surface area contributed by atoms with Crippen LogP contribution >= 0.6 is 0 Å². The largest absolute Gasteiger partial charge is 0.256 e. The molecule has 2 aliphatic rings. The van der Waals surface area contributed by atoms with Crippen molar-refractivity contribution in [3.8, 4) is 33.5 Å². The summed E-state index contributed by atoms with van der Waals surface area (Å²) >= 11 is 0. The van der Waals surface area contributed by atoms with E-state index in [1.165, 1.54) is 78.3 Å². The third-order valence-electron chi connectivity index (χ3n) is 7.22. The van der Waals surface area contributed by atoms with Gasteiger partial charge in [-0.05, 0) is 67.6 Å². The average Bonchev–Trinajstić information content (AvgIpc) is 3.26. The summed E-state index contributed by atoms with van der Waals surface area (Å²) in [7, 11) is 2.17. The van der Waals surface area contributed by atoms with Crippen molar-refractivity contribution in [3.05, 3.63) is 93.4 Å². The lowest BCUT2D eigenvalue weighted by Gasteiger charge is -2.12. The lowest BCUT2D eigenvalue weighted by atomic mass is 9.93. The number of hydrogen-bond acceptors (Lipinski definition) is 1. The zero-order valence-electron chi connectivity index (χ0n) is 18.9. The van der Waals surface area contributed by atoms with Crippen molar-refractivity contribution in [2.24, 2.45) is 7.05 Å². The van der Waals surface area contributed by atoms with Crippen molar-refractivity contribution in [1.82, 2.24) is 4.98 Å². The Morgan fingerprint density at radius 3 is 2.29 bits per heavy atom. The molecule has 31 heavy (non-hydrogen) atoms. The van der Waals surface area contributed by atoms with E-state index in [2.05, 4.69) is 88.0 Å². The Hall–Kier alpha value is -3.26. The Morgan fingerprint density at radius 2 is 1.45 bits per heavy atom. The van der Waals surface area contributed by atoms with E-state index in [0.717, 1.165) is 12.8 Å². The van der Waals surface area contributed by atoms with Gasteiger partial charge in [0.2, 0.25) is 5.69 Å². The summed E-state index contributed by atoms with van der Waals surface area (Å²) in [6.45, 7) is 8.83. The van der Waals surface area contributed by atoms with Crippen molar-refractivity contribution in [3.63, 3.8) is 0 Å². The summed E-state index contributed by atoms with van der Waals surface area (Å²) in [5, 5.41) is 0. The minimum atomic E-state index is 0.907. The predicted octanol–water partition coefficient (Wildman–Crippen LogP) is 5.95. The number of pyridine rings is 2. The van der Waals surface area contributed by atoms with Crippen LogP contribution in [0.2, 0.25) is 0 Å². The molecule has 0 saturated carbocycles. The Kier molecular flexibility index (Phi) is 3.80. The number of aromatic nitrogens is 2. The minimum Gasteiger partial charge on any atom is -0.256 e. The molecule has 4 aromatic rings. The Morgan fingerprint density at radius 1 is 0.710 bits per heavy atom. The summed E-state index contributed by atoms with van der Waals surface area (Å²) in [5.41, 5.74) is 18.7. The van der Waals surface area contributed by atoms with Gasteiger partial charge in [0, 0.05) is 41.2 Å². The van der Waals surface area contributed by atoms with E-state index in [9.17, 15) is 0 Å². The van der Waals surface area contributed by atoms with Crippen molar-refractivity contribution in [1.29, 1.82) is 0 Å². The molecule has 0 spiro atoms. The normalized spacial score (nSPS) is 13.1. The zero-order chi connectivity index (χ0) is 21.4. The number of rotatable bonds is 1. The summed E-state index contributed by atoms with van der Waals surface area (Å²) < 4.78 is 2.29. The molecule has 2 aliphatic carbocycles. The highest BCUT2D eigenvalue weighted by atomic mass is 14.9. The molecule has 0 aliphatic heterocycles. The van der Waals surface area contributed by atoms with Gasteiger partial charge in [0.05, 0.1) is 11.4 Å². The quantitative estimate of drug-likeness (QED) is 0.310. The first-order valence-electron chi connectivity index (χ1n) is 11.1. The smallest absolute Gasteiger partial charge is 0.216 e. The predicted molar refractivity (Wildman–Crippen MR) is 126 cm³/mol. The van der Waals surface area contributed by atoms with Gasteiger partial charge in [-0.25, -0.2) is 4.57 Å². The molecule has 6 rings (SSSR count). The Balaban J connectivity index is 1.57. The van der Waals surface area contributed by atoms with Gasteiger partial charge < -0.3 is 0 Å². The van der Waals surface area contributed by atoms with E-state index < -0.39 is 0 Å². The van der Waals surface area contributed by atoms with Crippen LogP contribution in [0, 0.1) is 27.7 Å². The van der Waals surface area contributed by atoms with Crippen LogP contribution in [0.25, 0.3) is 33.5 Å². The van der Waals surface area contributed by atoms with Crippen molar-refractivity contribution in [2.75, 3.05) is 0 Å². The fourth-order valence-electron chi connectivity index (χ4n) is 5.54. The number of fused-ring (bicyclic) bond motifs is 6. The van der Waals surface area contributed by atoms with Crippen LogP contribution in [-0.4, -0.2) is 4.98 Å². The summed E-state index contributed by atoms with van der Waals surface area (Å²) in [6, 6.07) is 16.1. The van der Waals surface area contributed by atoms with Crippen LogP contribution in [0.4, 0.5) is 0 Å². The van der Waals surface area contributed by atoms with Crippen LogP contribution < -0.4 is 4.57 Å². The van der Waals surface area contributed by atoms with Gasteiger partial charge in [-0.2, -0.15) is 0 Å². The minimum absolute atomic E-state index is 0.907. The third-order valence-corrected chi connectivity index (χ3v) is 7.22. The van der Waals surface area contributed by atoms with Crippen molar-refractivity contribution >= 4 is 0 Å². The van der Waals surface area contributed by atoms with Gasteiger partial charge in [0.15, 0.2) is 6.20 Å². The van der Waals surface area contributed by atoms with Crippen LogP contribution in [0.15, 0.2) is 48.7 Å². The van der Waals surface area contributed by atoms with E-state index in [-0.39, 0.29) is 0 Å². The second kappa shape index (κ2) is 6.37. The maximum atomic E-state index is 5.21. The molecule has 0 unspecified atom stereocenters. The monoisotopic (exact) mass is 403 g/mol. The van der Waals surface area contributed by atoms with Gasteiger partial charge in [0.25, 0.3) is 0 Å². The second-order valence-electron chi connectivity index (χ2n) is 9.41. The molecule has 2 nitrogen and oxygen atoms in total. The molecule has 152 valence electrons. The highest BCUT2D eigenvalue weighted by Crippen LogP contribution is 2.45. The number of aryl methyl sites for hydroxylation is 4. The zero-order valence-corrected chi connectivity index (χ0v) is 18.9. The molecule has 2 heteroatoms. The molecule has 0 fully saturated rings. The molecule has 0 atom stereocenters. The van der Waals surface area contributed by atoms with Gasteiger partial charge >= 0.3 is 0 Å².